The lowest BCUT2D eigenvalue weighted by atomic mass is 10.0. The smallest absolute Gasteiger partial charge is 0.335 e. The van der Waals surface area contributed by atoms with Crippen molar-refractivity contribution in [3.05, 3.63) is 71.0 Å². The highest BCUT2D eigenvalue weighted by atomic mass is 19.1. The minimum atomic E-state index is -0.891. The van der Waals surface area contributed by atoms with Gasteiger partial charge < -0.3 is 15.3 Å². The van der Waals surface area contributed by atoms with E-state index in [1.807, 2.05) is 24.3 Å². The first-order chi connectivity index (χ1) is 12.6. The van der Waals surface area contributed by atoms with Crippen LogP contribution in [-0.4, -0.2) is 41.7 Å². The zero-order chi connectivity index (χ0) is 18.4. The number of benzene rings is 2. The Kier molecular flexibility index (Phi) is 6.36. The average molecular weight is 356 g/mol. The molecule has 1 aliphatic rings. The van der Waals surface area contributed by atoms with Crippen LogP contribution in [0.2, 0.25) is 0 Å². The molecule has 0 saturated carbocycles. The largest absolute Gasteiger partial charge is 0.478 e. The van der Waals surface area contributed by atoms with Crippen LogP contribution in [0.3, 0.4) is 0 Å². The number of hydrogen-bond donors (Lipinski definition) is 2. The van der Waals surface area contributed by atoms with Crippen LogP contribution in [0.25, 0.3) is 0 Å². The number of hydrogen-bond acceptors (Lipinski definition) is 3. The Morgan fingerprint density at radius 2 is 1.65 bits per heavy atom. The van der Waals surface area contributed by atoms with Crippen molar-refractivity contribution < 1.29 is 14.3 Å². The van der Waals surface area contributed by atoms with E-state index in [0.29, 0.717) is 11.6 Å². The number of carboxylic acids is 1. The normalized spacial score (nSPS) is 15.9. The summed E-state index contributed by atoms with van der Waals surface area (Å²) in [5.74, 6) is -1.07. The summed E-state index contributed by atoms with van der Waals surface area (Å²) in [4.78, 5) is 13.3. The van der Waals surface area contributed by atoms with Crippen LogP contribution < -0.4 is 5.32 Å². The Labute approximate surface area is 153 Å². The van der Waals surface area contributed by atoms with E-state index in [0.717, 1.165) is 51.0 Å². The molecule has 0 unspecified atom stereocenters. The van der Waals surface area contributed by atoms with Gasteiger partial charge in [0, 0.05) is 19.1 Å². The standard InChI is InChI=1S/C21H25FN2O2/c22-19-7-3-16(4-8-19)9-12-24-13-10-20(11-14-24)23-15-17-1-5-18(6-2-17)21(25)26/h1-8,20,23H,9-15H2,(H,25,26). The lowest BCUT2D eigenvalue weighted by molar-refractivity contribution is 0.0697. The Bertz CT molecular complexity index is 708. The third-order valence-electron chi connectivity index (χ3n) is 5.01. The fourth-order valence-electron chi connectivity index (χ4n) is 3.33. The average Bonchev–Trinajstić information content (AvgIpc) is 2.67. The molecular formula is C21H25FN2O2. The van der Waals surface area contributed by atoms with Gasteiger partial charge in [0.05, 0.1) is 5.56 Å². The van der Waals surface area contributed by atoms with E-state index in [1.165, 1.54) is 17.7 Å². The molecule has 1 heterocycles. The minimum absolute atomic E-state index is 0.182. The molecule has 138 valence electrons. The van der Waals surface area contributed by atoms with Gasteiger partial charge in [-0.25, -0.2) is 9.18 Å². The van der Waals surface area contributed by atoms with E-state index in [-0.39, 0.29) is 5.82 Å². The molecule has 0 aromatic heterocycles. The highest BCUT2D eigenvalue weighted by Gasteiger charge is 2.18. The van der Waals surface area contributed by atoms with Crippen LogP contribution >= 0.6 is 0 Å². The number of carbonyl (C=O) groups is 1. The first kappa shape index (κ1) is 18.5. The van der Waals surface area contributed by atoms with Crippen molar-refractivity contribution in [3.8, 4) is 0 Å². The maximum Gasteiger partial charge on any atom is 0.335 e. The molecule has 3 rings (SSSR count). The molecule has 4 nitrogen and oxygen atoms in total. The molecule has 1 fully saturated rings. The third kappa shape index (κ3) is 5.38. The molecule has 0 aliphatic carbocycles. The summed E-state index contributed by atoms with van der Waals surface area (Å²) >= 11 is 0. The Morgan fingerprint density at radius 3 is 2.27 bits per heavy atom. The number of aromatic carboxylic acids is 1. The van der Waals surface area contributed by atoms with Crippen molar-refractivity contribution in [1.29, 1.82) is 0 Å². The Hall–Kier alpha value is -2.24. The molecule has 0 radical (unpaired) electrons. The molecule has 26 heavy (non-hydrogen) atoms. The second-order valence-corrected chi connectivity index (χ2v) is 6.88. The van der Waals surface area contributed by atoms with Crippen LogP contribution in [0.4, 0.5) is 4.39 Å². The van der Waals surface area contributed by atoms with Crippen molar-refractivity contribution in [1.82, 2.24) is 10.2 Å². The zero-order valence-electron chi connectivity index (χ0n) is 14.8. The summed E-state index contributed by atoms with van der Waals surface area (Å²) in [5, 5.41) is 12.5. The second-order valence-electron chi connectivity index (χ2n) is 6.88. The van der Waals surface area contributed by atoms with E-state index >= 15 is 0 Å². The van der Waals surface area contributed by atoms with E-state index in [4.69, 9.17) is 5.11 Å². The van der Waals surface area contributed by atoms with E-state index in [2.05, 4.69) is 10.2 Å². The van der Waals surface area contributed by atoms with Crippen molar-refractivity contribution in [2.45, 2.75) is 31.8 Å². The predicted molar refractivity (Wildman–Crippen MR) is 99.8 cm³/mol. The first-order valence-electron chi connectivity index (χ1n) is 9.12. The van der Waals surface area contributed by atoms with E-state index in [1.54, 1.807) is 12.1 Å². The van der Waals surface area contributed by atoms with Crippen molar-refractivity contribution in [3.63, 3.8) is 0 Å². The van der Waals surface area contributed by atoms with Crippen LogP contribution in [0.15, 0.2) is 48.5 Å². The van der Waals surface area contributed by atoms with Crippen LogP contribution in [0.5, 0.6) is 0 Å². The van der Waals surface area contributed by atoms with Crippen LogP contribution in [0, 0.1) is 5.82 Å². The number of nitrogens with one attached hydrogen (secondary N) is 1. The number of rotatable bonds is 7. The fourth-order valence-corrected chi connectivity index (χ4v) is 3.33. The summed E-state index contributed by atoms with van der Waals surface area (Å²) in [6.45, 7) is 3.91. The quantitative estimate of drug-likeness (QED) is 0.799. The molecule has 5 heteroatoms. The molecule has 0 atom stereocenters. The summed E-state index contributed by atoms with van der Waals surface area (Å²) in [6.07, 6.45) is 3.17. The number of carboxylic acid groups (broad SMARTS) is 1. The molecule has 1 saturated heterocycles. The third-order valence-corrected chi connectivity index (χ3v) is 5.01. The molecule has 0 spiro atoms. The Balaban J connectivity index is 1.37. The highest BCUT2D eigenvalue weighted by Crippen LogP contribution is 2.13. The number of halogens is 1. The van der Waals surface area contributed by atoms with Gasteiger partial charge in [-0.2, -0.15) is 0 Å². The summed E-state index contributed by atoms with van der Waals surface area (Å²) < 4.78 is 12.9. The van der Waals surface area contributed by atoms with Gasteiger partial charge in [-0.3, -0.25) is 0 Å². The topological polar surface area (TPSA) is 52.6 Å². The monoisotopic (exact) mass is 356 g/mol. The van der Waals surface area contributed by atoms with E-state index in [9.17, 15) is 9.18 Å². The summed E-state index contributed by atoms with van der Waals surface area (Å²) in [5.41, 5.74) is 2.61. The summed E-state index contributed by atoms with van der Waals surface area (Å²) in [7, 11) is 0. The molecule has 2 aromatic carbocycles. The van der Waals surface area contributed by atoms with Gasteiger partial charge in [-0.1, -0.05) is 24.3 Å². The van der Waals surface area contributed by atoms with Gasteiger partial charge in [0.25, 0.3) is 0 Å². The molecule has 1 aliphatic heterocycles. The number of piperidine rings is 1. The molecular weight excluding hydrogens is 331 g/mol. The van der Waals surface area contributed by atoms with Crippen molar-refractivity contribution >= 4 is 5.97 Å². The summed E-state index contributed by atoms with van der Waals surface area (Å²) in [6, 6.07) is 14.3. The predicted octanol–water partition coefficient (Wildman–Crippen LogP) is 3.32. The van der Waals surface area contributed by atoms with Crippen LogP contribution in [0.1, 0.15) is 34.3 Å². The van der Waals surface area contributed by atoms with Crippen molar-refractivity contribution in [2.75, 3.05) is 19.6 Å². The number of likely N-dealkylation sites (tertiary alicyclic amines) is 1. The SMILES string of the molecule is O=C(O)c1ccc(CNC2CCN(CCc3ccc(F)cc3)CC2)cc1. The van der Waals surface area contributed by atoms with Gasteiger partial charge in [0.2, 0.25) is 0 Å². The molecule has 0 bridgehead atoms. The molecule has 2 aromatic rings. The zero-order valence-corrected chi connectivity index (χ0v) is 14.8. The van der Waals surface area contributed by atoms with E-state index < -0.39 is 5.97 Å². The lowest BCUT2D eigenvalue weighted by Gasteiger charge is -2.32. The highest BCUT2D eigenvalue weighted by molar-refractivity contribution is 5.87. The van der Waals surface area contributed by atoms with Crippen molar-refractivity contribution in [2.24, 2.45) is 0 Å². The lowest BCUT2D eigenvalue weighted by Crippen LogP contribution is -2.42. The molecule has 2 N–H and O–H groups in total. The molecule has 0 amide bonds. The van der Waals surface area contributed by atoms with Gasteiger partial charge in [-0.05, 0) is 67.7 Å². The number of nitrogens with zero attached hydrogens (tertiary/aromatic N) is 1. The van der Waals surface area contributed by atoms with Gasteiger partial charge >= 0.3 is 5.97 Å². The van der Waals surface area contributed by atoms with Gasteiger partial charge in [-0.15, -0.1) is 0 Å². The minimum Gasteiger partial charge on any atom is -0.478 e. The Morgan fingerprint density at radius 1 is 1.04 bits per heavy atom. The maximum atomic E-state index is 12.9. The maximum absolute atomic E-state index is 12.9. The fraction of sp³-hybridized carbons (Fsp3) is 0.381. The van der Waals surface area contributed by atoms with Gasteiger partial charge in [0.15, 0.2) is 0 Å². The first-order valence-corrected chi connectivity index (χ1v) is 9.12. The van der Waals surface area contributed by atoms with Crippen LogP contribution in [-0.2, 0) is 13.0 Å². The second kappa shape index (κ2) is 8.92. The van der Waals surface area contributed by atoms with Gasteiger partial charge in [0.1, 0.15) is 5.82 Å².